The number of nitrogens with zero attached hydrogens (tertiary/aromatic N) is 1. The number of β-lactam (4-membered cyclic amide) rings is 1. The molecule has 0 aromatic carbocycles. The maximum absolute atomic E-state index is 12.2. The highest BCUT2D eigenvalue weighted by molar-refractivity contribution is 7.11. The summed E-state index contributed by atoms with van der Waals surface area (Å²) < 4.78 is 0. The molecule has 0 saturated carbocycles. The standard InChI is InChI=1S/C16H19N3O5S/c1-7(20)12-10-4-9(13(15(22)23)19(10)14(12)21)11-3-8(6-25-11)5-18-16(24)17-2/h3,6-7,10,12,20H,4-5H2,1-2H3,(H,22,23)(H2,17,18,24)/t7-,10-,12-/m1/s1. The van der Waals surface area contributed by atoms with E-state index in [1.54, 1.807) is 6.92 Å². The van der Waals surface area contributed by atoms with Crippen molar-refractivity contribution in [3.63, 3.8) is 0 Å². The maximum atomic E-state index is 12.2. The topological polar surface area (TPSA) is 119 Å². The van der Waals surface area contributed by atoms with E-state index in [4.69, 9.17) is 0 Å². The predicted octanol–water partition coefficient (Wildman–Crippen LogP) is 0.584. The van der Waals surface area contributed by atoms with Crippen LogP contribution < -0.4 is 10.6 Å². The predicted molar refractivity (Wildman–Crippen MR) is 90.6 cm³/mol. The second-order valence-electron chi connectivity index (χ2n) is 6.13. The smallest absolute Gasteiger partial charge is 0.352 e. The average Bonchev–Trinajstić information content (AvgIpc) is 3.14. The van der Waals surface area contributed by atoms with Crippen LogP contribution in [0.5, 0.6) is 0 Å². The number of nitrogens with one attached hydrogen (secondary N) is 2. The molecule has 8 nitrogen and oxygen atoms in total. The largest absolute Gasteiger partial charge is 0.477 e. The molecule has 0 bridgehead atoms. The number of urea groups is 1. The van der Waals surface area contributed by atoms with Crippen molar-refractivity contribution in [2.45, 2.75) is 32.0 Å². The minimum Gasteiger partial charge on any atom is -0.477 e. The summed E-state index contributed by atoms with van der Waals surface area (Å²) in [6.45, 7) is 1.88. The zero-order chi connectivity index (χ0) is 18.3. The highest BCUT2D eigenvalue weighted by Gasteiger charge is 2.56. The van der Waals surface area contributed by atoms with E-state index in [2.05, 4.69) is 10.6 Å². The Morgan fingerprint density at radius 2 is 2.20 bits per heavy atom. The molecule has 3 amide bonds. The maximum Gasteiger partial charge on any atom is 0.352 e. The third-order valence-electron chi connectivity index (χ3n) is 4.56. The number of aliphatic hydroxyl groups excluding tert-OH is 1. The molecule has 0 spiro atoms. The van der Waals surface area contributed by atoms with Gasteiger partial charge in [0.1, 0.15) is 5.70 Å². The van der Waals surface area contributed by atoms with Crippen LogP contribution in [0.3, 0.4) is 0 Å². The summed E-state index contributed by atoms with van der Waals surface area (Å²) in [5, 5.41) is 26.3. The van der Waals surface area contributed by atoms with E-state index in [-0.39, 0.29) is 23.7 Å². The van der Waals surface area contributed by atoms with Gasteiger partial charge in [0.15, 0.2) is 0 Å². The number of aliphatic hydroxyl groups is 1. The van der Waals surface area contributed by atoms with Gasteiger partial charge in [-0.3, -0.25) is 4.79 Å². The van der Waals surface area contributed by atoms with Crippen LogP contribution in [0.4, 0.5) is 4.79 Å². The molecular formula is C16H19N3O5S. The number of amides is 3. The Labute approximate surface area is 148 Å². The SMILES string of the molecule is CNC(=O)NCc1csc(C2=C(C(=O)O)N3C(=O)[C@H]([C@@H](C)O)[C@H]3C2)c1. The van der Waals surface area contributed by atoms with Crippen LogP contribution >= 0.6 is 11.3 Å². The van der Waals surface area contributed by atoms with Gasteiger partial charge in [0.05, 0.1) is 18.1 Å². The number of hydrogen-bond donors (Lipinski definition) is 4. The molecule has 25 heavy (non-hydrogen) atoms. The lowest BCUT2D eigenvalue weighted by Crippen LogP contribution is -2.61. The van der Waals surface area contributed by atoms with Gasteiger partial charge in [0, 0.05) is 24.0 Å². The molecule has 0 unspecified atom stereocenters. The van der Waals surface area contributed by atoms with Crippen molar-refractivity contribution in [1.82, 2.24) is 15.5 Å². The number of carbonyl (C=O) groups is 3. The van der Waals surface area contributed by atoms with Crippen molar-refractivity contribution in [3.05, 3.63) is 27.6 Å². The lowest BCUT2D eigenvalue weighted by Gasteiger charge is -2.44. The third kappa shape index (κ3) is 2.89. The van der Waals surface area contributed by atoms with Crippen molar-refractivity contribution < 1.29 is 24.6 Å². The highest BCUT2D eigenvalue weighted by Crippen LogP contribution is 2.47. The molecule has 3 atom stereocenters. The second kappa shape index (κ2) is 6.49. The summed E-state index contributed by atoms with van der Waals surface area (Å²) in [5.41, 5.74) is 1.46. The lowest BCUT2D eigenvalue weighted by molar-refractivity contribution is -0.161. The Balaban J connectivity index is 1.84. The average molecular weight is 365 g/mol. The van der Waals surface area contributed by atoms with Gasteiger partial charge in [-0.2, -0.15) is 0 Å². The summed E-state index contributed by atoms with van der Waals surface area (Å²) >= 11 is 1.38. The summed E-state index contributed by atoms with van der Waals surface area (Å²) in [6.07, 6.45) is -0.398. The first-order chi connectivity index (χ1) is 11.8. The number of fused-ring (bicyclic) bond motifs is 1. The summed E-state index contributed by atoms with van der Waals surface area (Å²) in [7, 11) is 1.52. The molecule has 1 aromatic heterocycles. The lowest BCUT2D eigenvalue weighted by atomic mass is 9.83. The number of carboxylic acids is 1. The first-order valence-corrected chi connectivity index (χ1v) is 8.74. The molecule has 2 aliphatic heterocycles. The number of carboxylic acid groups (broad SMARTS) is 1. The van der Waals surface area contributed by atoms with Crippen LogP contribution in [0.15, 0.2) is 17.1 Å². The zero-order valence-electron chi connectivity index (χ0n) is 13.8. The number of carbonyl (C=O) groups excluding carboxylic acids is 2. The molecule has 1 fully saturated rings. The van der Waals surface area contributed by atoms with E-state index in [1.165, 1.54) is 23.3 Å². The van der Waals surface area contributed by atoms with Gasteiger partial charge in [0.25, 0.3) is 0 Å². The molecule has 134 valence electrons. The Morgan fingerprint density at radius 1 is 1.48 bits per heavy atom. The van der Waals surface area contributed by atoms with Crippen LogP contribution in [0.1, 0.15) is 23.8 Å². The van der Waals surface area contributed by atoms with Gasteiger partial charge in [-0.05, 0) is 30.4 Å². The Hall–Kier alpha value is -2.39. The van der Waals surface area contributed by atoms with Crippen LogP contribution in [0.2, 0.25) is 0 Å². The fourth-order valence-electron chi connectivity index (χ4n) is 3.39. The highest BCUT2D eigenvalue weighted by atomic mass is 32.1. The molecule has 4 N–H and O–H groups in total. The summed E-state index contributed by atoms with van der Waals surface area (Å²) in [4.78, 5) is 37.2. The zero-order valence-corrected chi connectivity index (χ0v) is 14.6. The number of hydrogen-bond acceptors (Lipinski definition) is 5. The van der Waals surface area contributed by atoms with Crippen LogP contribution in [-0.4, -0.2) is 52.2 Å². The van der Waals surface area contributed by atoms with Crippen molar-refractivity contribution in [3.8, 4) is 0 Å². The quantitative estimate of drug-likeness (QED) is 0.569. The molecule has 2 aliphatic rings. The van der Waals surface area contributed by atoms with Crippen molar-refractivity contribution in [2.24, 2.45) is 5.92 Å². The summed E-state index contributed by atoms with van der Waals surface area (Å²) in [6, 6.07) is 1.23. The molecule has 3 rings (SSSR count). The van der Waals surface area contributed by atoms with Crippen LogP contribution in [-0.2, 0) is 16.1 Å². The van der Waals surface area contributed by atoms with Gasteiger partial charge in [-0.1, -0.05) is 0 Å². The first-order valence-electron chi connectivity index (χ1n) is 7.86. The monoisotopic (exact) mass is 365 g/mol. The van der Waals surface area contributed by atoms with Gasteiger partial charge in [0.2, 0.25) is 5.91 Å². The fourth-order valence-corrected chi connectivity index (χ4v) is 4.36. The molecule has 1 saturated heterocycles. The molecule has 1 aromatic rings. The van der Waals surface area contributed by atoms with Crippen LogP contribution in [0, 0.1) is 5.92 Å². The van der Waals surface area contributed by atoms with E-state index in [0.717, 1.165) is 10.4 Å². The Kier molecular flexibility index (Phi) is 4.53. The van der Waals surface area contributed by atoms with Crippen LogP contribution in [0.25, 0.3) is 5.57 Å². The molecule has 0 radical (unpaired) electrons. The fraction of sp³-hybridized carbons (Fsp3) is 0.438. The van der Waals surface area contributed by atoms with E-state index < -0.39 is 18.0 Å². The Bertz CT molecular complexity index is 770. The van der Waals surface area contributed by atoms with E-state index in [1.807, 2.05) is 11.4 Å². The molecule has 9 heteroatoms. The van der Waals surface area contributed by atoms with Gasteiger partial charge < -0.3 is 25.7 Å². The third-order valence-corrected chi connectivity index (χ3v) is 5.60. The minimum atomic E-state index is -1.15. The summed E-state index contributed by atoms with van der Waals surface area (Å²) in [5.74, 6) is -2.04. The molecular weight excluding hydrogens is 346 g/mol. The van der Waals surface area contributed by atoms with Gasteiger partial charge in [-0.25, -0.2) is 9.59 Å². The normalized spacial score (nSPS) is 23.2. The second-order valence-corrected chi connectivity index (χ2v) is 7.04. The number of thiophene rings is 1. The molecule has 3 heterocycles. The van der Waals surface area contributed by atoms with Crippen molar-refractivity contribution in [1.29, 1.82) is 0 Å². The molecule has 0 aliphatic carbocycles. The van der Waals surface area contributed by atoms with Crippen molar-refractivity contribution in [2.75, 3.05) is 7.05 Å². The van der Waals surface area contributed by atoms with E-state index in [0.29, 0.717) is 18.5 Å². The minimum absolute atomic E-state index is 0.000407. The van der Waals surface area contributed by atoms with Gasteiger partial charge >= 0.3 is 12.0 Å². The first kappa shape index (κ1) is 17.4. The van der Waals surface area contributed by atoms with Gasteiger partial charge in [-0.15, -0.1) is 11.3 Å². The van der Waals surface area contributed by atoms with E-state index in [9.17, 15) is 24.6 Å². The number of aliphatic carboxylic acids is 1. The number of rotatable bonds is 5. The Morgan fingerprint density at radius 3 is 2.80 bits per heavy atom. The van der Waals surface area contributed by atoms with Crippen molar-refractivity contribution >= 4 is 34.8 Å². The van der Waals surface area contributed by atoms with E-state index >= 15 is 0 Å².